The molecule has 0 aromatic heterocycles. The van der Waals surface area contributed by atoms with Crippen LogP contribution in [0.3, 0.4) is 0 Å². The minimum Gasteiger partial charge on any atom is -0.312 e. The van der Waals surface area contributed by atoms with E-state index >= 15 is 0 Å². The number of likely N-dealkylation sites (tertiary alicyclic amines) is 1. The fourth-order valence-corrected chi connectivity index (χ4v) is 3.24. The first kappa shape index (κ1) is 10.4. The topological polar surface area (TPSA) is 15.3 Å². The Morgan fingerprint density at radius 1 is 1.43 bits per heavy atom. The monoisotopic (exact) mass is 196 g/mol. The Kier molecular flexibility index (Phi) is 3.45. The minimum atomic E-state index is 0.799. The average Bonchev–Trinajstić information content (AvgIpc) is 2.65. The summed E-state index contributed by atoms with van der Waals surface area (Å²) in [6.45, 7) is 7.28. The molecule has 1 N–H and O–H groups in total. The molecule has 82 valence electrons. The van der Waals surface area contributed by atoms with Crippen LogP contribution in [-0.2, 0) is 0 Å². The van der Waals surface area contributed by atoms with Gasteiger partial charge >= 0.3 is 0 Å². The van der Waals surface area contributed by atoms with Gasteiger partial charge in [-0.1, -0.05) is 13.3 Å². The van der Waals surface area contributed by atoms with Gasteiger partial charge < -0.3 is 5.32 Å². The number of hydrogen-bond acceptors (Lipinski definition) is 2. The Bertz CT molecular complexity index is 181. The van der Waals surface area contributed by atoms with Crippen LogP contribution in [0.1, 0.15) is 46.0 Å². The fraction of sp³-hybridized carbons (Fsp3) is 1.00. The summed E-state index contributed by atoms with van der Waals surface area (Å²) in [5.74, 6) is 0. The highest BCUT2D eigenvalue weighted by Crippen LogP contribution is 2.27. The molecule has 0 radical (unpaired) electrons. The molecule has 2 aliphatic rings. The van der Waals surface area contributed by atoms with Gasteiger partial charge in [-0.25, -0.2) is 0 Å². The summed E-state index contributed by atoms with van der Waals surface area (Å²) >= 11 is 0. The smallest absolute Gasteiger partial charge is 0.0264 e. The lowest BCUT2D eigenvalue weighted by Gasteiger charge is -2.41. The van der Waals surface area contributed by atoms with Crippen molar-refractivity contribution in [2.75, 3.05) is 13.1 Å². The van der Waals surface area contributed by atoms with Gasteiger partial charge in [0, 0.05) is 18.1 Å². The standard InChI is InChI=1S/C12H24N2/c1-3-5-10(2)14-9-4-6-11-12(14)7-8-13-11/h10-13H,3-9H2,1-2H3/t10?,11-,12-/m0/s1. The van der Waals surface area contributed by atoms with Crippen LogP contribution in [-0.4, -0.2) is 36.1 Å². The molecule has 0 saturated carbocycles. The number of fused-ring (bicyclic) bond motifs is 1. The predicted octanol–water partition coefficient (Wildman–Crippen LogP) is 2.00. The first-order chi connectivity index (χ1) is 6.83. The second-order valence-corrected chi connectivity index (χ2v) is 4.93. The lowest BCUT2D eigenvalue weighted by molar-refractivity contribution is 0.0912. The van der Waals surface area contributed by atoms with E-state index in [0.29, 0.717) is 0 Å². The van der Waals surface area contributed by atoms with Crippen molar-refractivity contribution in [2.45, 2.75) is 64.1 Å². The van der Waals surface area contributed by atoms with Gasteiger partial charge in [0.25, 0.3) is 0 Å². The van der Waals surface area contributed by atoms with Gasteiger partial charge in [-0.3, -0.25) is 4.90 Å². The van der Waals surface area contributed by atoms with E-state index in [-0.39, 0.29) is 0 Å². The molecule has 0 bridgehead atoms. The summed E-state index contributed by atoms with van der Waals surface area (Å²) in [6.07, 6.45) is 6.85. The predicted molar refractivity (Wildman–Crippen MR) is 60.5 cm³/mol. The zero-order valence-electron chi connectivity index (χ0n) is 9.63. The van der Waals surface area contributed by atoms with Crippen molar-refractivity contribution in [3.63, 3.8) is 0 Å². The van der Waals surface area contributed by atoms with E-state index in [9.17, 15) is 0 Å². The van der Waals surface area contributed by atoms with E-state index in [1.807, 2.05) is 0 Å². The quantitative estimate of drug-likeness (QED) is 0.743. The number of piperidine rings is 1. The molecular weight excluding hydrogens is 172 g/mol. The highest BCUT2D eigenvalue weighted by atomic mass is 15.2. The molecule has 0 amide bonds. The van der Waals surface area contributed by atoms with Crippen LogP contribution in [0.15, 0.2) is 0 Å². The van der Waals surface area contributed by atoms with Crippen molar-refractivity contribution in [1.29, 1.82) is 0 Å². The van der Waals surface area contributed by atoms with Gasteiger partial charge in [0.1, 0.15) is 0 Å². The van der Waals surface area contributed by atoms with Crippen molar-refractivity contribution in [3.8, 4) is 0 Å². The van der Waals surface area contributed by atoms with Gasteiger partial charge in [-0.2, -0.15) is 0 Å². The lowest BCUT2D eigenvalue weighted by Crippen LogP contribution is -2.51. The van der Waals surface area contributed by atoms with Crippen LogP contribution in [0.5, 0.6) is 0 Å². The van der Waals surface area contributed by atoms with Crippen molar-refractivity contribution in [3.05, 3.63) is 0 Å². The van der Waals surface area contributed by atoms with Crippen LogP contribution < -0.4 is 5.32 Å². The molecule has 3 atom stereocenters. The van der Waals surface area contributed by atoms with Crippen molar-refractivity contribution in [2.24, 2.45) is 0 Å². The second-order valence-electron chi connectivity index (χ2n) is 4.93. The maximum atomic E-state index is 3.64. The number of nitrogens with zero attached hydrogens (tertiary/aromatic N) is 1. The molecule has 2 rings (SSSR count). The zero-order chi connectivity index (χ0) is 9.97. The third-order valence-corrected chi connectivity index (χ3v) is 3.94. The minimum absolute atomic E-state index is 0.799. The van der Waals surface area contributed by atoms with E-state index in [0.717, 1.165) is 18.1 Å². The molecule has 2 heteroatoms. The summed E-state index contributed by atoms with van der Waals surface area (Å²) in [5, 5.41) is 3.64. The molecule has 0 spiro atoms. The van der Waals surface area contributed by atoms with Gasteiger partial charge in [0.05, 0.1) is 0 Å². The van der Waals surface area contributed by atoms with Crippen molar-refractivity contribution >= 4 is 0 Å². The first-order valence-electron chi connectivity index (χ1n) is 6.32. The number of rotatable bonds is 3. The van der Waals surface area contributed by atoms with E-state index in [1.54, 1.807) is 0 Å². The fourth-order valence-electron chi connectivity index (χ4n) is 3.24. The first-order valence-corrected chi connectivity index (χ1v) is 6.32. The zero-order valence-corrected chi connectivity index (χ0v) is 9.63. The van der Waals surface area contributed by atoms with Crippen molar-refractivity contribution in [1.82, 2.24) is 10.2 Å². The molecule has 0 aromatic carbocycles. The molecule has 2 aliphatic heterocycles. The van der Waals surface area contributed by atoms with E-state index in [2.05, 4.69) is 24.1 Å². The number of hydrogen-bond donors (Lipinski definition) is 1. The van der Waals surface area contributed by atoms with Gasteiger partial charge in [0.15, 0.2) is 0 Å². The SMILES string of the molecule is CCCC(C)N1CCC[C@@H]2NCC[C@@H]21. The Hall–Kier alpha value is -0.0800. The Balaban J connectivity index is 1.95. The highest BCUT2D eigenvalue weighted by Gasteiger charge is 2.36. The maximum absolute atomic E-state index is 3.64. The molecule has 2 nitrogen and oxygen atoms in total. The Labute approximate surface area is 88.1 Å². The van der Waals surface area contributed by atoms with Gasteiger partial charge in [0.2, 0.25) is 0 Å². The summed E-state index contributed by atoms with van der Waals surface area (Å²) in [7, 11) is 0. The van der Waals surface area contributed by atoms with Crippen LogP contribution in [0.25, 0.3) is 0 Å². The van der Waals surface area contributed by atoms with Gasteiger partial charge in [-0.05, 0) is 45.7 Å². The van der Waals surface area contributed by atoms with E-state index < -0.39 is 0 Å². The second kappa shape index (κ2) is 4.63. The molecule has 2 saturated heterocycles. The third kappa shape index (κ3) is 1.96. The largest absolute Gasteiger partial charge is 0.312 e. The number of nitrogens with one attached hydrogen (secondary N) is 1. The van der Waals surface area contributed by atoms with Crippen LogP contribution in [0, 0.1) is 0 Å². The summed E-state index contributed by atoms with van der Waals surface area (Å²) in [4.78, 5) is 2.76. The Morgan fingerprint density at radius 2 is 2.29 bits per heavy atom. The van der Waals surface area contributed by atoms with Gasteiger partial charge in [-0.15, -0.1) is 0 Å². The average molecular weight is 196 g/mol. The normalized spacial score (nSPS) is 35.6. The maximum Gasteiger partial charge on any atom is 0.0264 e. The Morgan fingerprint density at radius 3 is 3.07 bits per heavy atom. The van der Waals surface area contributed by atoms with Crippen LogP contribution in [0.4, 0.5) is 0 Å². The molecule has 2 fully saturated rings. The molecular formula is C12H24N2. The molecule has 0 aliphatic carbocycles. The van der Waals surface area contributed by atoms with E-state index in [4.69, 9.17) is 0 Å². The molecule has 0 aromatic rings. The summed E-state index contributed by atoms with van der Waals surface area (Å²) < 4.78 is 0. The molecule has 2 heterocycles. The summed E-state index contributed by atoms with van der Waals surface area (Å²) in [6, 6.07) is 2.46. The third-order valence-electron chi connectivity index (χ3n) is 3.94. The van der Waals surface area contributed by atoms with Crippen LogP contribution >= 0.6 is 0 Å². The summed E-state index contributed by atoms with van der Waals surface area (Å²) in [5.41, 5.74) is 0. The van der Waals surface area contributed by atoms with Crippen LogP contribution in [0.2, 0.25) is 0 Å². The van der Waals surface area contributed by atoms with E-state index in [1.165, 1.54) is 45.2 Å². The molecule has 1 unspecified atom stereocenters. The lowest BCUT2D eigenvalue weighted by atomic mass is 9.95. The molecule has 14 heavy (non-hydrogen) atoms. The van der Waals surface area contributed by atoms with Crippen molar-refractivity contribution < 1.29 is 0 Å². The highest BCUT2D eigenvalue weighted by molar-refractivity contribution is 4.95.